The van der Waals surface area contributed by atoms with Gasteiger partial charge in [-0.3, -0.25) is 4.79 Å². The SMILES string of the molecule is CCC([C]=O)Oc1cccc(C(C)C)c1. The predicted molar refractivity (Wildman–Crippen MR) is 60.9 cm³/mol. The summed E-state index contributed by atoms with van der Waals surface area (Å²) in [6.45, 7) is 6.16. The lowest BCUT2D eigenvalue weighted by Crippen LogP contribution is -2.16. The summed E-state index contributed by atoms with van der Waals surface area (Å²) in [6, 6.07) is 7.85. The van der Waals surface area contributed by atoms with E-state index < -0.39 is 6.10 Å². The minimum atomic E-state index is -0.451. The second-order valence-corrected chi connectivity index (χ2v) is 3.86. The van der Waals surface area contributed by atoms with Crippen LogP contribution < -0.4 is 4.74 Å². The van der Waals surface area contributed by atoms with Gasteiger partial charge in [-0.1, -0.05) is 32.9 Å². The Morgan fingerprint density at radius 2 is 2.13 bits per heavy atom. The van der Waals surface area contributed by atoms with E-state index in [-0.39, 0.29) is 0 Å². The second-order valence-electron chi connectivity index (χ2n) is 3.86. The van der Waals surface area contributed by atoms with Gasteiger partial charge < -0.3 is 4.74 Å². The molecule has 0 bridgehead atoms. The molecule has 81 valence electrons. The van der Waals surface area contributed by atoms with Crippen LogP contribution in [0, 0.1) is 0 Å². The van der Waals surface area contributed by atoms with E-state index in [2.05, 4.69) is 19.9 Å². The van der Waals surface area contributed by atoms with E-state index in [1.807, 2.05) is 31.4 Å². The second kappa shape index (κ2) is 5.54. The Bertz CT molecular complexity index is 318. The van der Waals surface area contributed by atoms with E-state index in [0.29, 0.717) is 12.3 Å². The molecule has 0 aliphatic heterocycles. The largest absolute Gasteiger partial charge is 0.482 e. The lowest BCUT2D eigenvalue weighted by molar-refractivity contribution is 0.255. The first-order valence-electron chi connectivity index (χ1n) is 5.31. The van der Waals surface area contributed by atoms with Crippen LogP contribution in [-0.2, 0) is 4.79 Å². The Morgan fingerprint density at radius 3 is 2.67 bits per heavy atom. The fourth-order valence-electron chi connectivity index (χ4n) is 1.30. The molecule has 0 aliphatic carbocycles. The number of ether oxygens (including phenoxy) is 1. The van der Waals surface area contributed by atoms with Crippen LogP contribution in [0.25, 0.3) is 0 Å². The molecule has 2 nitrogen and oxygen atoms in total. The fourth-order valence-corrected chi connectivity index (χ4v) is 1.30. The molecule has 0 aliphatic rings. The number of carbonyl (C=O) groups excluding carboxylic acids is 1. The molecule has 0 aromatic heterocycles. The summed E-state index contributed by atoms with van der Waals surface area (Å²) < 4.78 is 5.48. The van der Waals surface area contributed by atoms with Crippen LogP contribution in [0.1, 0.15) is 38.7 Å². The van der Waals surface area contributed by atoms with Gasteiger partial charge in [-0.25, -0.2) is 0 Å². The molecule has 1 atom stereocenters. The maximum Gasteiger partial charge on any atom is 0.242 e. The maximum absolute atomic E-state index is 10.5. The van der Waals surface area contributed by atoms with Crippen LogP contribution in [0.2, 0.25) is 0 Å². The Balaban J connectivity index is 2.77. The van der Waals surface area contributed by atoms with Crippen LogP contribution in [0.15, 0.2) is 24.3 Å². The van der Waals surface area contributed by atoms with Gasteiger partial charge in [0.15, 0.2) is 6.10 Å². The molecule has 0 amide bonds. The van der Waals surface area contributed by atoms with Gasteiger partial charge in [0.05, 0.1) is 0 Å². The highest BCUT2D eigenvalue weighted by atomic mass is 16.5. The topological polar surface area (TPSA) is 26.3 Å². The molecule has 1 rings (SSSR count). The zero-order valence-corrected chi connectivity index (χ0v) is 9.49. The third-order valence-electron chi connectivity index (χ3n) is 2.31. The highest BCUT2D eigenvalue weighted by Crippen LogP contribution is 2.21. The van der Waals surface area contributed by atoms with Gasteiger partial charge >= 0.3 is 0 Å². The third kappa shape index (κ3) is 3.39. The first-order valence-corrected chi connectivity index (χ1v) is 5.31. The maximum atomic E-state index is 10.5. The molecule has 0 saturated carbocycles. The van der Waals surface area contributed by atoms with Crippen LogP contribution in [0.4, 0.5) is 0 Å². The molecule has 0 N–H and O–H groups in total. The van der Waals surface area contributed by atoms with Crippen molar-refractivity contribution in [2.45, 2.75) is 39.2 Å². The molecule has 0 spiro atoms. The van der Waals surface area contributed by atoms with E-state index in [1.54, 1.807) is 0 Å². The number of hydrogen-bond donors (Lipinski definition) is 0. The fraction of sp³-hybridized carbons (Fsp3) is 0.462. The van der Waals surface area contributed by atoms with Crippen molar-refractivity contribution >= 4 is 6.29 Å². The highest BCUT2D eigenvalue weighted by molar-refractivity contribution is 5.57. The lowest BCUT2D eigenvalue weighted by Gasteiger charge is -2.12. The molecule has 1 aromatic carbocycles. The first kappa shape index (κ1) is 11.8. The van der Waals surface area contributed by atoms with Gasteiger partial charge in [-0.05, 0) is 30.0 Å². The zero-order chi connectivity index (χ0) is 11.3. The lowest BCUT2D eigenvalue weighted by atomic mass is 10.0. The monoisotopic (exact) mass is 205 g/mol. The molecule has 1 unspecified atom stereocenters. The number of rotatable bonds is 5. The number of hydrogen-bond acceptors (Lipinski definition) is 2. The van der Waals surface area contributed by atoms with Crippen LogP contribution in [0.3, 0.4) is 0 Å². The smallest absolute Gasteiger partial charge is 0.242 e. The van der Waals surface area contributed by atoms with Crippen molar-refractivity contribution in [3.8, 4) is 5.75 Å². The Kier molecular flexibility index (Phi) is 4.35. The molecule has 1 aromatic rings. The minimum Gasteiger partial charge on any atom is -0.482 e. The van der Waals surface area contributed by atoms with Crippen molar-refractivity contribution < 1.29 is 9.53 Å². The molecule has 2 heteroatoms. The molecule has 1 radical (unpaired) electrons. The van der Waals surface area contributed by atoms with Crippen molar-refractivity contribution in [3.05, 3.63) is 29.8 Å². The first-order chi connectivity index (χ1) is 7.17. The summed E-state index contributed by atoms with van der Waals surface area (Å²) in [5, 5.41) is 0. The van der Waals surface area contributed by atoms with Crippen molar-refractivity contribution in [2.24, 2.45) is 0 Å². The van der Waals surface area contributed by atoms with Crippen molar-refractivity contribution in [2.75, 3.05) is 0 Å². The van der Waals surface area contributed by atoms with Crippen LogP contribution in [0.5, 0.6) is 5.75 Å². The summed E-state index contributed by atoms with van der Waals surface area (Å²) in [4.78, 5) is 10.5. The van der Waals surface area contributed by atoms with Gasteiger partial charge in [-0.15, -0.1) is 0 Å². The third-order valence-corrected chi connectivity index (χ3v) is 2.31. The van der Waals surface area contributed by atoms with Gasteiger partial charge in [0, 0.05) is 0 Å². The average molecular weight is 205 g/mol. The van der Waals surface area contributed by atoms with Gasteiger partial charge in [0.1, 0.15) is 5.75 Å². The molecular formula is C13H17O2. The predicted octanol–water partition coefficient (Wildman–Crippen LogP) is 3.08. The van der Waals surface area contributed by atoms with Crippen molar-refractivity contribution in [1.29, 1.82) is 0 Å². The highest BCUT2D eigenvalue weighted by Gasteiger charge is 2.08. The summed E-state index contributed by atoms with van der Waals surface area (Å²) >= 11 is 0. The molecular weight excluding hydrogens is 188 g/mol. The van der Waals surface area contributed by atoms with Gasteiger partial charge in [0.25, 0.3) is 0 Å². The van der Waals surface area contributed by atoms with E-state index in [0.717, 1.165) is 5.75 Å². The van der Waals surface area contributed by atoms with Crippen molar-refractivity contribution in [1.82, 2.24) is 0 Å². The van der Waals surface area contributed by atoms with Crippen LogP contribution in [-0.4, -0.2) is 12.4 Å². The van der Waals surface area contributed by atoms with Gasteiger partial charge in [-0.2, -0.15) is 0 Å². The normalized spacial score (nSPS) is 12.5. The summed E-state index contributed by atoms with van der Waals surface area (Å²) in [6.07, 6.45) is 2.07. The average Bonchev–Trinajstić information content (AvgIpc) is 2.26. The molecule has 0 saturated heterocycles. The van der Waals surface area contributed by atoms with E-state index in [4.69, 9.17) is 4.74 Å². The Morgan fingerprint density at radius 1 is 1.40 bits per heavy atom. The van der Waals surface area contributed by atoms with Crippen LogP contribution >= 0.6 is 0 Å². The standard InChI is InChI=1S/C13H17O2/c1-4-12(9-14)15-13-7-5-6-11(8-13)10(2)3/h5-8,10,12H,4H2,1-3H3. The summed E-state index contributed by atoms with van der Waals surface area (Å²) in [7, 11) is 0. The molecule has 0 heterocycles. The van der Waals surface area contributed by atoms with E-state index >= 15 is 0 Å². The summed E-state index contributed by atoms with van der Waals surface area (Å²) in [5.74, 6) is 1.21. The van der Waals surface area contributed by atoms with Gasteiger partial charge in [0.2, 0.25) is 6.29 Å². The molecule has 0 fully saturated rings. The van der Waals surface area contributed by atoms with E-state index in [9.17, 15) is 4.79 Å². The van der Waals surface area contributed by atoms with Crippen molar-refractivity contribution in [3.63, 3.8) is 0 Å². The van der Waals surface area contributed by atoms with E-state index in [1.165, 1.54) is 5.56 Å². The Labute approximate surface area is 91.3 Å². The quantitative estimate of drug-likeness (QED) is 0.738. The summed E-state index contributed by atoms with van der Waals surface area (Å²) in [5.41, 5.74) is 1.22. The number of benzene rings is 1. The Hall–Kier alpha value is -1.31. The molecule has 15 heavy (non-hydrogen) atoms. The zero-order valence-electron chi connectivity index (χ0n) is 9.49. The minimum absolute atomic E-state index is 0.451.